The van der Waals surface area contributed by atoms with Crippen LogP contribution in [0, 0.1) is 11.8 Å². The maximum atomic E-state index is 11.1. The molecule has 0 aromatic carbocycles. The number of aliphatic hydroxyl groups excluding tert-OH is 1. The first-order valence-corrected chi connectivity index (χ1v) is 5.74. The van der Waals surface area contributed by atoms with Crippen molar-refractivity contribution in [3.63, 3.8) is 0 Å². The molecule has 1 saturated carbocycles. The van der Waals surface area contributed by atoms with E-state index in [-0.39, 0.29) is 12.1 Å². The highest BCUT2D eigenvalue weighted by Crippen LogP contribution is 2.36. The van der Waals surface area contributed by atoms with E-state index in [1.165, 1.54) is 0 Å². The van der Waals surface area contributed by atoms with Crippen molar-refractivity contribution in [1.29, 1.82) is 0 Å². The van der Waals surface area contributed by atoms with Crippen LogP contribution >= 0.6 is 0 Å². The Hall–Kier alpha value is -0.610. The fourth-order valence-electron chi connectivity index (χ4n) is 2.39. The lowest BCUT2D eigenvalue weighted by Crippen LogP contribution is -2.51. The van der Waals surface area contributed by atoms with Crippen molar-refractivity contribution in [2.45, 2.75) is 38.3 Å². The first kappa shape index (κ1) is 10.9. The second-order valence-electron chi connectivity index (χ2n) is 4.95. The van der Waals surface area contributed by atoms with Gasteiger partial charge in [-0.3, -0.25) is 9.69 Å². The molecule has 86 valence electrons. The average Bonchev–Trinajstić information content (AvgIpc) is 2.95. The zero-order chi connectivity index (χ0) is 11.0. The minimum atomic E-state index is -0.723. The van der Waals surface area contributed by atoms with Gasteiger partial charge in [0.25, 0.3) is 0 Å². The van der Waals surface area contributed by atoms with Crippen LogP contribution in [0.1, 0.15) is 26.2 Å². The quantitative estimate of drug-likeness (QED) is 0.719. The molecule has 0 radical (unpaired) electrons. The molecule has 0 spiro atoms. The van der Waals surface area contributed by atoms with Gasteiger partial charge >= 0.3 is 5.97 Å². The molecule has 2 rings (SSSR count). The zero-order valence-electron chi connectivity index (χ0n) is 9.09. The molecule has 0 aromatic rings. The Labute approximate surface area is 89.9 Å². The number of carbonyl (C=O) groups is 1. The Morgan fingerprint density at radius 3 is 2.53 bits per heavy atom. The van der Waals surface area contributed by atoms with E-state index in [4.69, 9.17) is 5.11 Å². The summed E-state index contributed by atoms with van der Waals surface area (Å²) >= 11 is 0. The summed E-state index contributed by atoms with van der Waals surface area (Å²) in [5.74, 6) is -0.0998. The Kier molecular flexibility index (Phi) is 2.98. The summed E-state index contributed by atoms with van der Waals surface area (Å²) in [6.45, 7) is 3.36. The monoisotopic (exact) mass is 213 g/mol. The molecule has 1 heterocycles. The van der Waals surface area contributed by atoms with Crippen molar-refractivity contribution >= 4 is 5.97 Å². The topological polar surface area (TPSA) is 60.8 Å². The Morgan fingerprint density at radius 1 is 1.40 bits per heavy atom. The fraction of sp³-hybridized carbons (Fsp3) is 0.909. The summed E-state index contributed by atoms with van der Waals surface area (Å²) in [7, 11) is 0. The van der Waals surface area contributed by atoms with E-state index in [1.807, 2.05) is 11.8 Å². The molecule has 4 heteroatoms. The Morgan fingerprint density at radius 2 is 2.07 bits per heavy atom. The van der Waals surface area contributed by atoms with E-state index in [0.717, 1.165) is 25.8 Å². The van der Waals surface area contributed by atoms with Gasteiger partial charge in [-0.1, -0.05) is 6.92 Å². The molecular weight excluding hydrogens is 194 g/mol. The van der Waals surface area contributed by atoms with Crippen LogP contribution in [0.3, 0.4) is 0 Å². The van der Waals surface area contributed by atoms with Gasteiger partial charge in [-0.05, 0) is 37.6 Å². The predicted octanol–water partition coefficient (Wildman–Crippen LogP) is 0.552. The molecule has 3 unspecified atom stereocenters. The molecule has 4 nitrogen and oxygen atoms in total. The van der Waals surface area contributed by atoms with Crippen LogP contribution in [0.15, 0.2) is 0 Å². The third kappa shape index (κ3) is 2.32. The van der Waals surface area contributed by atoms with Crippen LogP contribution in [-0.4, -0.2) is 46.3 Å². The van der Waals surface area contributed by atoms with E-state index in [0.29, 0.717) is 18.4 Å². The number of hydrogen-bond acceptors (Lipinski definition) is 3. The number of carboxylic acid groups (broad SMARTS) is 1. The van der Waals surface area contributed by atoms with Crippen LogP contribution in [0.25, 0.3) is 0 Å². The summed E-state index contributed by atoms with van der Waals surface area (Å²) < 4.78 is 0. The lowest BCUT2D eigenvalue weighted by atomic mass is 9.94. The average molecular weight is 213 g/mol. The molecule has 0 amide bonds. The molecule has 0 aromatic heterocycles. The van der Waals surface area contributed by atoms with E-state index in [9.17, 15) is 9.90 Å². The molecule has 1 aliphatic heterocycles. The first-order chi connectivity index (χ1) is 7.09. The second kappa shape index (κ2) is 4.10. The molecular formula is C11H19NO3. The predicted molar refractivity (Wildman–Crippen MR) is 55.5 cm³/mol. The van der Waals surface area contributed by atoms with Gasteiger partial charge in [0.05, 0.1) is 6.10 Å². The lowest BCUT2D eigenvalue weighted by molar-refractivity contribution is -0.146. The van der Waals surface area contributed by atoms with Crippen molar-refractivity contribution in [2.75, 3.05) is 13.1 Å². The van der Waals surface area contributed by atoms with Crippen LogP contribution in [0.5, 0.6) is 0 Å². The summed E-state index contributed by atoms with van der Waals surface area (Å²) in [6.07, 6.45) is 2.59. The number of rotatable bonds is 3. The number of carboxylic acids is 1. The number of likely N-dealkylation sites (tertiary alicyclic amines) is 1. The summed E-state index contributed by atoms with van der Waals surface area (Å²) in [5.41, 5.74) is 0. The molecule has 0 bridgehead atoms. The molecule has 1 saturated heterocycles. The Balaban J connectivity index is 1.99. The number of nitrogens with zero attached hydrogens (tertiary/aromatic N) is 1. The SMILES string of the molecule is CC1CCN(C(C(=O)O)C2CC2)CC1O. The highest BCUT2D eigenvalue weighted by molar-refractivity contribution is 5.74. The van der Waals surface area contributed by atoms with Crippen molar-refractivity contribution < 1.29 is 15.0 Å². The lowest BCUT2D eigenvalue weighted by Gasteiger charge is -2.37. The number of piperidine rings is 1. The standard InChI is InChI=1S/C11H19NO3/c1-7-4-5-12(6-9(7)13)10(11(14)15)8-2-3-8/h7-10,13H,2-6H2,1H3,(H,14,15). The van der Waals surface area contributed by atoms with Gasteiger partial charge in [0.1, 0.15) is 6.04 Å². The molecule has 2 aliphatic rings. The number of aliphatic hydroxyl groups is 1. The summed E-state index contributed by atoms with van der Waals surface area (Å²) in [4.78, 5) is 13.1. The van der Waals surface area contributed by atoms with Crippen molar-refractivity contribution in [2.24, 2.45) is 11.8 Å². The zero-order valence-corrected chi connectivity index (χ0v) is 9.09. The smallest absolute Gasteiger partial charge is 0.321 e. The van der Waals surface area contributed by atoms with Crippen LogP contribution < -0.4 is 0 Å². The van der Waals surface area contributed by atoms with Crippen LogP contribution in [0.4, 0.5) is 0 Å². The third-order valence-corrected chi connectivity index (χ3v) is 3.67. The van der Waals surface area contributed by atoms with E-state index >= 15 is 0 Å². The molecule has 1 aliphatic carbocycles. The summed E-state index contributed by atoms with van der Waals surface area (Å²) in [6, 6.07) is -0.354. The molecule has 2 N–H and O–H groups in total. The third-order valence-electron chi connectivity index (χ3n) is 3.67. The highest BCUT2D eigenvalue weighted by Gasteiger charge is 2.42. The highest BCUT2D eigenvalue weighted by atomic mass is 16.4. The van der Waals surface area contributed by atoms with Gasteiger partial charge in [-0.15, -0.1) is 0 Å². The fourth-order valence-corrected chi connectivity index (χ4v) is 2.39. The van der Waals surface area contributed by atoms with E-state index in [1.54, 1.807) is 0 Å². The van der Waals surface area contributed by atoms with Crippen molar-refractivity contribution in [1.82, 2.24) is 4.90 Å². The van der Waals surface area contributed by atoms with Crippen LogP contribution in [0.2, 0.25) is 0 Å². The second-order valence-corrected chi connectivity index (χ2v) is 4.95. The first-order valence-electron chi connectivity index (χ1n) is 5.74. The largest absolute Gasteiger partial charge is 0.480 e. The minimum Gasteiger partial charge on any atom is -0.480 e. The van der Waals surface area contributed by atoms with Gasteiger partial charge in [-0.2, -0.15) is 0 Å². The molecule has 3 atom stereocenters. The number of hydrogen-bond donors (Lipinski definition) is 2. The van der Waals surface area contributed by atoms with Crippen LogP contribution in [-0.2, 0) is 4.79 Å². The normalized spacial score (nSPS) is 35.1. The molecule has 2 fully saturated rings. The van der Waals surface area contributed by atoms with Gasteiger partial charge in [-0.25, -0.2) is 0 Å². The van der Waals surface area contributed by atoms with Crippen molar-refractivity contribution in [3.05, 3.63) is 0 Å². The van der Waals surface area contributed by atoms with Gasteiger partial charge < -0.3 is 10.2 Å². The van der Waals surface area contributed by atoms with Gasteiger partial charge in [0, 0.05) is 6.54 Å². The van der Waals surface area contributed by atoms with Gasteiger partial charge in [0.2, 0.25) is 0 Å². The Bertz CT molecular complexity index is 252. The van der Waals surface area contributed by atoms with E-state index in [2.05, 4.69) is 0 Å². The minimum absolute atomic E-state index is 0.301. The van der Waals surface area contributed by atoms with Crippen molar-refractivity contribution in [3.8, 4) is 0 Å². The number of β-amino-alcohol motifs (C(OH)–C–C–N with tert-alkyl or cyclic N) is 1. The maximum Gasteiger partial charge on any atom is 0.321 e. The van der Waals surface area contributed by atoms with E-state index < -0.39 is 5.97 Å². The maximum absolute atomic E-state index is 11.1. The van der Waals surface area contributed by atoms with Gasteiger partial charge in [0.15, 0.2) is 0 Å². The summed E-state index contributed by atoms with van der Waals surface area (Å²) in [5, 5.41) is 18.9. The molecule has 15 heavy (non-hydrogen) atoms. The number of aliphatic carboxylic acids is 1.